The van der Waals surface area contributed by atoms with Crippen molar-refractivity contribution in [2.45, 2.75) is 66.0 Å². The topological polar surface area (TPSA) is 97.1 Å². The largest absolute Gasteiger partial charge is 0.490 e. The number of carbonyl (C=O) groups excluding carboxylic acids is 1. The normalized spacial score (nSPS) is 13.3. The second kappa shape index (κ2) is 9.78. The number of nitrogens with zero attached hydrogens (tertiary/aromatic N) is 3. The Morgan fingerprint density at radius 2 is 1.90 bits per heavy atom. The molecular weight excluding hydrogens is 392 g/mol. The lowest BCUT2D eigenvalue weighted by atomic mass is 9.91. The van der Waals surface area contributed by atoms with Crippen LogP contribution in [-0.2, 0) is 4.74 Å². The number of hydrogen-bond donors (Lipinski definition) is 1. The Labute approximate surface area is 184 Å². The zero-order chi connectivity index (χ0) is 23.2. The van der Waals surface area contributed by atoms with Gasteiger partial charge in [0.2, 0.25) is 0 Å². The third kappa shape index (κ3) is 7.56. The molecule has 0 saturated heterocycles. The molecule has 1 amide bonds. The Bertz CT molecular complexity index is 960. The van der Waals surface area contributed by atoms with Gasteiger partial charge in [-0.1, -0.05) is 13.8 Å². The Kier molecular flexibility index (Phi) is 7.61. The molecule has 0 radical (unpaired) electrons. The summed E-state index contributed by atoms with van der Waals surface area (Å²) in [6, 6.07) is 9.42. The van der Waals surface area contributed by atoms with Crippen molar-refractivity contribution in [1.29, 1.82) is 5.26 Å². The van der Waals surface area contributed by atoms with Gasteiger partial charge in [0.15, 0.2) is 0 Å². The second-order valence-electron chi connectivity index (χ2n) is 9.44. The first-order valence-electron chi connectivity index (χ1n) is 10.4. The van der Waals surface area contributed by atoms with E-state index in [1.807, 2.05) is 46.8 Å². The molecule has 0 spiro atoms. The fourth-order valence-corrected chi connectivity index (χ4v) is 3.35. The summed E-state index contributed by atoms with van der Waals surface area (Å²) in [5, 5.41) is 12.6. The van der Waals surface area contributed by atoms with E-state index >= 15 is 0 Å². The van der Waals surface area contributed by atoms with Crippen LogP contribution in [0.2, 0.25) is 0 Å². The van der Waals surface area contributed by atoms with Crippen molar-refractivity contribution in [2.24, 2.45) is 5.92 Å². The molecule has 0 aliphatic carbocycles. The number of benzene rings is 1. The third-order valence-corrected chi connectivity index (χ3v) is 4.41. The van der Waals surface area contributed by atoms with E-state index in [4.69, 9.17) is 9.47 Å². The summed E-state index contributed by atoms with van der Waals surface area (Å²) in [5.41, 5.74) is 1.55. The third-order valence-electron chi connectivity index (χ3n) is 4.41. The Balaban J connectivity index is 2.20. The van der Waals surface area contributed by atoms with Gasteiger partial charge >= 0.3 is 6.09 Å². The molecule has 1 N–H and O–H groups in total. The summed E-state index contributed by atoms with van der Waals surface area (Å²) in [5.74, 6) is 0.778. The fourth-order valence-electron chi connectivity index (χ4n) is 3.35. The highest BCUT2D eigenvalue weighted by Crippen LogP contribution is 2.27. The van der Waals surface area contributed by atoms with Gasteiger partial charge < -0.3 is 14.8 Å². The SMILES string of the molecule is Cc1cc(-c2ccc(OC[C@](C)(CC(C)C)NC(=O)OC(C)(C)C)c(C#N)c2)ncn1. The van der Waals surface area contributed by atoms with Crippen LogP contribution in [0.4, 0.5) is 4.79 Å². The number of hydrogen-bond acceptors (Lipinski definition) is 6. The molecule has 0 fully saturated rings. The maximum atomic E-state index is 12.4. The van der Waals surface area contributed by atoms with E-state index in [1.165, 1.54) is 6.33 Å². The average molecular weight is 425 g/mol. The molecule has 0 unspecified atom stereocenters. The van der Waals surface area contributed by atoms with Gasteiger partial charge in [-0.2, -0.15) is 5.26 Å². The van der Waals surface area contributed by atoms with Crippen LogP contribution in [0.15, 0.2) is 30.6 Å². The van der Waals surface area contributed by atoms with Crippen molar-refractivity contribution in [3.63, 3.8) is 0 Å². The highest BCUT2D eigenvalue weighted by atomic mass is 16.6. The summed E-state index contributed by atoms with van der Waals surface area (Å²) in [7, 11) is 0. The monoisotopic (exact) mass is 424 g/mol. The van der Waals surface area contributed by atoms with Crippen LogP contribution >= 0.6 is 0 Å². The summed E-state index contributed by atoms with van der Waals surface area (Å²) in [6.45, 7) is 13.6. The van der Waals surface area contributed by atoms with E-state index in [2.05, 4.69) is 35.2 Å². The number of rotatable bonds is 7. The number of carbonyl (C=O) groups is 1. The molecule has 31 heavy (non-hydrogen) atoms. The van der Waals surface area contributed by atoms with Crippen molar-refractivity contribution >= 4 is 6.09 Å². The van der Waals surface area contributed by atoms with Crippen LogP contribution in [-0.4, -0.2) is 33.8 Å². The Morgan fingerprint density at radius 3 is 2.48 bits per heavy atom. The van der Waals surface area contributed by atoms with Crippen LogP contribution in [0.5, 0.6) is 5.75 Å². The number of nitriles is 1. The maximum Gasteiger partial charge on any atom is 0.408 e. The van der Waals surface area contributed by atoms with Crippen molar-refractivity contribution in [3.05, 3.63) is 41.9 Å². The van der Waals surface area contributed by atoms with Gasteiger partial charge in [0.05, 0.1) is 16.8 Å². The van der Waals surface area contributed by atoms with E-state index in [9.17, 15) is 10.1 Å². The van der Waals surface area contributed by atoms with Gasteiger partial charge in [0, 0.05) is 11.3 Å². The first-order chi connectivity index (χ1) is 14.4. The standard InChI is InChI=1S/C24H32N4O3/c1-16(2)12-24(7,28-22(29)31-23(4,5)6)14-30-21-9-8-18(11-19(21)13-25)20-10-17(3)26-15-27-20/h8-11,15-16H,12,14H2,1-7H3,(H,28,29)/t24-/m0/s1. The van der Waals surface area contributed by atoms with Gasteiger partial charge in [-0.25, -0.2) is 14.8 Å². The molecule has 2 aromatic rings. The zero-order valence-electron chi connectivity index (χ0n) is 19.4. The van der Waals surface area contributed by atoms with Gasteiger partial charge in [0.25, 0.3) is 0 Å². The number of alkyl carbamates (subject to hydrolysis) is 1. The molecule has 0 bridgehead atoms. The van der Waals surface area contributed by atoms with Gasteiger partial charge in [-0.05, 0) is 71.2 Å². The van der Waals surface area contributed by atoms with Crippen LogP contribution in [0.3, 0.4) is 0 Å². The summed E-state index contributed by atoms with van der Waals surface area (Å²) < 4.78 is 11.4. The van der Waals surface area contributed by atoms with Gasteiger partial charge in [0.1, 0.15) is 30.4 Å². The van der Waals surface area contributed by atoms with Gasteiger partial charge in [-0.3, -0.25) is 0 Å². The summed E-state index contributed by atoms with van der Waals surface area (Å²) >= 11 is 0. The summed E-state index contributed by atoms with van der Waals surface area (Å²) in [4.78, 5) is 20.7. The minimum Gasteiger partial charge on any atom is -0.490 e. The zero-order valence-corrected chi connectivity index (χ0v) is 19.4. The molecule has 166 valence electrons. The molecule has 1 aromatic carbocycles. The summed E-state index contributed by atoms with van der Waals surface area (Å²) in [6.07, 6.45) is 1.70. The highest BCUT2D eigenvalue weighted by Gasteiger charge is 2.31. The van der Waals surface area contributed by atoms with E-state index in [-0.39, 0.29) is 6.61 Å². The van der Waals surface area contributed by atoms with Crippen LogP contribution in [0, 0.1) is 24.2 Å². The smallest absolute Gasteiger partial charge is 0.408 e. The molecule has 0 aliphatic rings. The number of nitrogens with one attached hydrogen (secondary N) is 1. The predicted octanol–water partition coefficient (Wildman–Crippen LogP) is 5.03. The van der Waals surface area contributed by atoms with Crippen molar-refractivity contribution in [2.75, 3.05) is 6.61 Å². The number of aryl methyl sites for hydroxylation is 1. The maximum absolute atomic E-state index is 12.4. The minimum absolute atomic E-state index is 0.199. The fraction of sp³-hybridized carbons (Fsp3) is 0.500. The average Bonchev–Trinajstić information content (AvgIpc) is 2.64. The first kappa shape index (κ1) is 24.1. The molecule has 7 nitrogen and oxygen atoms in total. The molecule has 1 heterocycles. The number of amides is 1. The van der Waals surface area contributed by atoms with Crippen LogP contribution < -0.4 is 10.1 Å². The molecule has 2 rings (SSSR count). The van der Waals surface area contributed by atoms with Gasteiger partial charge in [-0.15, -0.1) is 0 Å². The molecule has 0 aliphatic heterocycles. The van der Waals surface area contributed by atoms with E-state index in [0.717, 1.165) is 17.0 Å². The van der Waals surface area contributed by atoms with Crippen molar-refractivity contribution in [1.82, 2.24) is 15.3 Å². The van der Waals surface area contributed by atoms with Crippen LogP contribution in [0.1, 0.15) is 59.2 Å². The molecule has 0 saturated carbocycles. The quantitative estimate of drug-likeness (QED) is 0.669. The van der Waals surface area contributed by atoms with E-state index in [0.29, 0.717) is 23.7 Å². The minimum atomic E-state index is -0.661. The second-order valence-corrected chi connectivity index (χ2v) is 9.44. The Morgan fingerprint density at radius 1 is 1.19 bits per heavy atom. The lowest BCUT2D eigenvalue weighted by Gasteiger charge is -2.33. The first-order valence-corrected chi connectivity index (χ1v) is 10.4. The molecule has 1 aromatic heterocycles. The lowest BCUT2D eigenvalue weighted by Crippen LogP contribution is -2.52. The van der Waals surface area contributed by atoms with Crippen molar-refractivity contribution < 1.29 is 14.3 Å². The Hall–Kier alpha value is -3.14. The van der Waals surface area contributed by atoms with Crippen molar-refractivity contribution in [3.8, 4) is 23.1 Å². The van der Waals surface area contributed by atoms with E-state index < -0.39 is 17.2 Å². The number of aromatic nitrogens is 2. The predicted molar refractivity (Wildman–Crippen MR) is 120 cm³/mol. The van der Waals surface area contributed by atoms with Crippen LogP contribution in [0.25, 0.3) is 11.3 Å². The van der Waals surface area contributed by atoms with E-state index in [1.54, 1.807) is 12.1 Å². The molecule has 7 heteroatoms. The highest BCUT2D eigenvalue weighted by molar-refractivity contribution is 5.69. The lowest BCUT2D eigenvalue weighted by molar-refractivity contribution is 0.0408. The molecule has 1 atom stereocenters. The molecular formula is C24H32N4O3. The number of ether oxygens (including phenoxy) is 2.